The molecule has 0 unspecified atom stereocenters. The van der Waals surface area contributed by atoms with Gasteiger partial charge in [-0.25, -0.2) is 4.79 Å². The molecule has 132 valence electrons. The summed E-state index contributed by atoms with van der Waals surface area (Å²) in [5.41, 5.74) is -0.156. The SMILES string of the molecule is O=C(Nc1nc(=O)n([C@H]2C[C@@H](O)[C@@H](CO)O2)cc1I)c1ccccc1. The number of ether oxygens (including phenoxy) is 1. The van der Waals surface area contributed by atoms with Crippen molar-refractivity contribution in [3.63, 3.8) is 0 Å². The van der Waals surface area contributed by atoms with Crippen molar-refractivity contribution in [2.75, 3.05) is 11.9 Å². The van der Waals surface area contributed by atoms with Crippen molar-refractivity contribution >= 4 is 34.3 Å². The van der Waals surface area contributed by atoms with Crippen molar-refractivity contribution in [3.8, 4) is 0 Å². The van der Waals surface area contributed by atoms with E-state index in [-0.39, 0.29) is 24.8 Å². The number of hydrogen-bond acceptors (Lipinski definition) is 6. The number of amides is 1. The molecular formula is C16H16IN3O5. The summed E-state index contributed by atoms with van der Waals surface area (Å²) >= 11 is 1.96. The molecule has 2 aromatic rings. The Hall–Kier alpha value is -1.82. The minimum atomic E-state index is -0.850. The molecule has 1 fully saturated rings. The number of benzene rings is 1. The maximum atomic E-state index is 12.3. The van der Waals surface area contributed by atoms with Gasteiger partial charge in [-0.1, -0.05) is 18.2 Å². The van der Waals surface area contributed by atoms with E-state index in [1.54, 1.807) is 30.3 Å². The van der Waals surface area contributed by atoms with Crippen LogP contribution >= 0.6 is 22.6 Å². The Morgan fingerprint density at radius 1 is 1.40 bits per heavy atom. The minimum Gasteiger partial charge on any atom is -0.394 e. The highest BCUT2D eigenvalue weighted by Gasteiger charge is 2.35. The quantitative estimate of drug-likeness (QED) is 0.584. The third-order valence-electron chi connectivity index (χ3n) is 3.87. The zero-order chi connectivity index (χ0) is 18.0. The summed E-state index contributed by atoms with van der Waals surface area (Å²) in [7, 11) is 0. The van der Waals surface area contributed by atoms with Gasteiger partial charge < -0.3 is 20.3 Å². The highest BCUT2D eigenvalue weighted by atomic mass is 127. The molecule has 0 spiro atoms. The number of halogens is 1. The van der Waals surface area contributed by atoms with Crippen LogP contribution in [0.2, 0.25) is 0 Å². The van der Waals surface area contributed by atoms with Gasteiger partial charge in [-0.2, -0.15) is 4.98 Å². The standard InChI is InChI=1S/C16H16IN3O5/c17-10-7-20(13-6-11(22)12(8-21)25-13)16(24)19-14(10)18-15(23)9-4-2-1-3-5-9/h1-5,7,11-13,21-22H,6,8H2,(H,18,19,23,24)/t11-,12-,13-/m1/s1. The number of aliphatic hydroxyl groups is 2. The molecule has 1 aliphatic heterocycles. The lowest BCUT2D eigenvalue weighted by atomic mass is 10.2. The molecule has 9 heteroatoms. The van der Waals surface area contributed by atoms with Crippen LogP contribution < -0.4 is 11.0 Å². The van der Waals surface area contributed by atoms with Crippen molar-refractivity contribution in [2.45, 2.75) is 24.9 Å². The Bertz CT molecular complexity index is 826. The summed E-state index contributed by atoms with van der Waals surface area (Å²) in [5.74, 6) is -0.205. The summed E-state index contributed by atoms with van der Waals surface area (Å²) in [6.07, 6.45) is -0.602. The molecule has 0 bridgehead atoms. The van der Waals surface area contributed by atoms with E-state index in [0.29, 0.717) is 9.13 Å². The topological polar surface area (TPSA) is 114 Å². The summed E-state index contributed by atoms with van der Waals surface area (Å²) in [6, 6.07) is 8.60. The van der Waals surface area contributed by atoms with Gasteiger partial charge >= 0.3 is 5.69 Å². The average Bonchev–Trinajstić information content (AvgIpc) is 2.99. The first kappa shape index (κ1) is 18.0. The first-order valence-electron chi connectivity index (χ1n) is 7.59. The van der Waals surface area contributed by atoms with E-state index >= 15 is 0 Å². The smallest absolute Gasteiger partial charge is 0.351 e. The van der Waals surface area contributed by atoms with E-state index in [9.17, 15) is 14.7 Å². The number of hydrogen-bond donors (Lipinski definition) is 3. The fourth-order valence-electron chi connectivity index (χ4n) is 2.56. The highest BCUT2D eigenvalue weighted by Crippen LogP contribution is 2.28. The molecule has 3 atom stereocenters. The van der Waals surface area contributed by atoms with Crippen LogP contribution in [0.15, 0.2) is 41.3 Å². The van der Waals surface area contributed by atoms with Crippen LogP contribution in [0.4, 0.5) is 5.82 Å². The Morgan fingerprint density at radius 3 is 2.76 bits per heavy atom. The van der Waals surface area contributed by atoms with Gasteiger partial charge in [0.1, 0.15) is 12.3 Å². The van der Waals surface area contributed by atoms with Crippen LogP contribution in [0, 0.1) is 3.57 Å². The number of rotatable bonds is 4. The van der Waals surface area contributed by atoms with Gasteiger partial charge in [-0.15, -0.1) is 0 Å². The number of nitrogens with zero attached hydrogens (tertiary/aromatic N) is 2. The highest BCUT2D eigenvalue weighted by molar-refractivity contribution is 14.1. The first-order chi connectivity index (χ1) is 12.0. The molecule has 2 heterocycles. The number of anilines is 1. The Morgan fingerprint density at radius 2 is 2.12 bits per heavy atom. The molecule has 0 saturated carbocycles. The normalized spacial score (nSPS) is 22.8. The van der Waals surface area contributed by atoms with Crippen LogP contribution in [0.3, 0.4) is 0 Å². The molecule has 1 amide bonds. The van der Waals surface area contributed by atoms with Crippen molar-refractivity contribution < 1.29 is 19.7 Å². The average molecular weight is 457 g/mol. The number of carbonyl (C=O) groups is 1. The van der Waals surface area contributed by atoms with Crippen LogP contribution in [0.1, 0.15) is 23.0 Å². The van der Waals surface area contributed by atoms with Crippen molar-refractivity contribution in [1.82, 2.24) is 9.55 Å². The second-order valence-electron chi connectivity index (χ2n) is 5.56. The lowest BCUT2D eigenvalue weighted by Crippen LogP contribution is -2.29. The summed E-state index contributed by atoms with van der Waals surface area (Å²) in [6.45, 7) is -0.331. The third-order valence-corrected chi connectivity index (χ3v) is 4.66. The second-order valence-corrected chi connectivity index (χ2v) is 6.72. The molecule has 3 N–H and O–H groups in total. The molecule has 1 aromatic carbocycles. The zero-order valence-electron chi connectivity index (χ0n) is 13.0. The van der Waals surface area contributed by atoms with E-state index in [0.717, 1.165) is 0 Å². The van der Waals surface area contributed by atoms with Crippen LogP contribution in [0.25, 0.3) is 0 Å². The van der Waals surface area contributed by atoms with E-state index in [4.69, 9.17) is 9.84 Å². The summed E-state index contributed by atoms with van der Waals surface area (Å²) < 4.78 is 7.26. The first-order valence-corrected chi connectivity index (χ1v) is 8.67. The van der Waals surface area contributed by atoms with Crippen LogP contribution in [-0.2, 0) is 4.74 Å². The van der Waals surface area contributed by atoms with Crippen LogP contribution in [-0.4, -0.2) is 44.5 Å². The lowest BCUT2D eigenvalue weighted by Gasteiger charge is -2.15. The van der Waals surface area contributed by atoms with E-state index in [1.807, 2.05) is 22.6 Å². The van der Waals surface area contributed by atoms with Gasteiger partial charge in [0, 0.05) is 18.2 Å². The molecule has 0 aliphatic carbocycles. The van der Waals surface area contributed by atoms with Gasteiger partial charge in [-0.05, 0) is 34.7 Å². The van der Waals surface area contributed by atoms with Crippen molar-refractivity contribution in [2.24, 2.45) is 0 Å². The molecule has 1 aromatic heterocycles. The van der Waals surface area contributed by atoms with Gasteiger partial charge in [0.25, 0.3) is 5.91 Å². The summed E-state index contributed by atoms with van der Waals surface area (Å²) in [4.78, 5) is 28.4. The van der Waals surface area contributed by atoms with E-state index in [2.05, 4.69) is 10.3 Å². The number of nitrogens with one attached hydrogen (secondary N) is 1. The number of aromatic nitrogens is 2. The van der Waals surface area contributed by atoms with Crippen LogP contribution in [0.5, 0.6) is 0 Å². The molecule has 0 radical (unpaired) electrons. The molecule has 1 aliphatic rings. The van der Waals surface area contributed by atoms with Gasteiger partial charge in [0.2, 0.25) is 0 Å². The predicted molar refractivity (Wildman–Crippen MR) is 97.2 cm³/mol. The molecule has 3 rings (SSSR count). The van der Waals surface area contributed by atoms with Gasteiger partial charge in [-0.3, -0.25) is 9.36 Å². The van der Waals surface area contributed by atoms with Gasteiger partial charge in [0.05, 0.1) is 16.3 Å². The van der Waals surface area contributed by atoms with Crippen molar-refractivity contribution in [1.29, 1.82) is 0 Å². The number of carbonyl (C=O) groups excluding carboxylic acids is 1. The molecule has 1 saturated heterocycles. The van der Waals surface area contributed by atoms with Crippen molar-refractivity contribution in [3.05, 3.63) is 56.1 Å². The fourth-order valence-corrected chi connectivity index (χ4v) is 3.11. The molecule has 25 heavy (non-hydrogen) atoms. The second kappa shape index (κ2) is 7.60. The zero-order valence-corrected chi connectivity index (χ0v) is 15.2. The Labute approximate surface area is 156 Å². The fraction of sp³-hybridized carbons (Fsp3) is 0.312. The molecule has 8 nitrogen and oxygen atoms in total. The predicted octanol–water partition coefficient (Wildman–Crippen LogP) is 0.741. The minimum absolute atomic E-state index is 0.160. The summed E-state index contributed by atoms with van der Waals surface area (Å²) in [5, 5.41) is 21.6. The molecular weight excluding hydrogens is 441 g/mol. The largest absolute Gasteiger partial charge is 0.394 e. The van der Waals surface area contributed by atoms with E-state index < -0.39 is 24.1 Å². The maximum absolute atomic E-state index is 12.3. The Balaban J connectivity index is 1.81. The lowest BCUT2D eigenvalue weighted by molar-refractivity contribution is -0.0459. The maximum Gasteiger partial charge on any atom is 0.351 e. The van der Waals surface area contributed by atoms with E-state index in [1.165, 1.54) is 10.8 Å². The monoisotopic (exact) mass is 457 g/mol. The number of aliphatic hydroxyl groups excluding tert-OH is 2. The third kappa shape index (κ3) is 3.89. The van der Waals surface area contributed by atoms with Gasteiger partial charge in [0.15, 0.2) is 5.82 Å². The Kier molecular flexibility index (Phi) is 5.47.